The second kappa shape index (κ2) is 7.38. The van der Waals surface area contributed by atoms with Crippen molar-refractivity contribution in [3.05, 3.63) is 28.3 Å². The molecule has 0 radical (unpaired) electrons. The molecule has 0 aliphatic carbocycles. The molecule has 0 fully saturated rings. The summed E-state index contributed by atoms with van der Waals surface area (Å²) < 4.78 is 26.5. The highest BCUT2D eigenvalue weighted by molar-refractivity contribution is 7.89. The lowest BCUT2D eigenvalue weighted by molar-refractivity contribution is -0.384. The third kappa shape index (κ3) is 5.18. The van der Waals surface area contributed by atoms with Crippen molar-refractivity contribution in [2.45, 2.75) is 24.8 Å². The maximum Gasteiger partial charge on any atom is 0.293 e. The normalized spacial score (nSPS) is 11.3. The van der Waals surface area contributed by atoms with Gasteiger partial charge in [0.2, 0.25) is 15.9 Å². The molecule has 0 atom stereocenters. The lowest BCUT2D eigenvalue weighted by Gasteiger charge is -2.13. The predicted molar refractivity (Wildman–Crippen MR) is 85.7 cm³/mol. The van der Waals surface area contributed by atoms with Crippen LogP contribution in [-0.4, -0.2) is 50.8 Å². The van der Waals surface area contributed by atoms with Gasteiger partial charge >= 0.3 is 0 Å². The molecule has 0 bridgehead atoms. The van der Waals surface area contributed by atoms with Crippen LogP contribution in [0.4, 0.5) is 11.4 Å². The van der Waals surface area contributed by atoms with Crippen LogP contribution in [0.2, 0.25) is 0 Å². The summed E-state index contributed by atoms with van der Waals surface area (Å²) in [4.78, 5) is 23.1. The van der Waals surface area contributed by atoms with Crippen LogP contribution in [0.1, 0.15) is 13.8 Å². The lowest BCUT2D eigenvalue weighted by atomic mass is 10.2. The molecule has 0 aliphatic heterocycles. The van der Waals surface area contributed by atoms with E-state index in [9.17, 15) is 23.3 Å². The minimum absolute atomic E-state index is 0.0775. The molecule has 0 unspecified atom stereocenters. The Kier molecular flexibility index (Phi) is 6.05. The van der Waals surface area contributed by atoms with Gasteiger partial charge < -0.3 is 10.2 Å². The summed E-state index contributed by atoms with van der Waals surface area (Å²) in [6, 6.07) is 3.15. The maximum atomic E-state index is 12.1. The molecule has 1 rings (SSSR count). The van der Waals surface area contributed by atoms with Crippen LogP contribution in [0.15, 0.2) is 23.1 Å². The fourth-order valence-corrected chi connectivity index (χ4v) is 2.96. The van der Waals surface area contributed by atoms with Crippen molar-refractivity contribution in [1.82, 2.24) is 9.62 Å². The third-order valence-corrected chi connectivity index (χ3v) is 4.45. The van der Waals surface area contributed by atoms with Crippen LogP contribution in [-0.2, 0) is 14.8 Å². The van der Waals surface area contributed by atoms with Crippen molar-refractivity contribution in [1.29, 1.82) is 0 Å². The largest absolute Gasteiger partial charge is 0.371 e. The number of likely N-dealkylation sites (N-methyl/N-ethyl adjacent to an activating group) is 1. The number of amides is 1. The molecule has 0 aliphatic rings. The van der Waals surface area contributed by atoms with Gasteiger partial charge in [-0.05, 0) is 26.0 Å². The summed E-state index contributed by atoms with van der Waals surface area (Å²) in [5.41, 5.74) is -0.336. The predicted octanol–water partition coefficient (Wildman–Crippen LogP) is 0.782. The first-order valence-corrected chi connectivity index (χ1v) is 8.27. The van der Waals surface area contributed by atoms with Gasteiger partial charge in [0.1, 0.15) is 5.69 Å². The maximum absolute atomic E-state index is 12.1. The van der Waals surface area contributed by atoms with Gasteiger partial charge in [0.25, 0.3) is 5.69 Å². The van der Waals surface area contributed by atoms with Gasteiger partial charge in [0.05, 0.1) is 16.4 Å². The monoisotopic (exact) mass is 344 g/mol. The van der Waals surface area contributed by atoms with Crippen molar-refractivity contribution in [3.63, 3.8) is 0 Å². The van der Waals surface area contributed by atoms with Crippen molar-refractivity contribution in [2.24, 2.45) is 0 Å². The van der Waals surface area contributed by atoms with Crippen LogP contribution in [0.3, 0.4) is 0 Å². The summed E-state index contributed by atoms with van der Waals surface area (Å²) in [7, 11) is -0.712. The summed E-state index contributed by atoms with van der Waals surface area (Å²) in [6.07, 6.45) is 0. The number of carbonyl (C=O) groups excluding carboxylic acids is 1. The molecule has 0 aromatic heterocycles. The first-order chi connectivity index (χ1) is 10.5. The van der Waals surface area contributed by atoms with Crippen molar-refractivity contribution < 1.29 is 18.1 Å². The van der Waals surface area contributed by atoms with Crippen LogP contribution in [0, 0.1) is 10.1 Å². The number of carbonyl (C=O) groups is 1. The Labute approximate surface area is 134 Å². The highest BCUT2D eigenvalue weighted by atomic mass is 32.2. The van der Waals surface area contributed by atoms with Gasteiger partial charge in [-0.25, -0.2) is 13.1 Å². The summed E-state index contributed by atoms with van der Waals surface area (Å²) >= 11 is 0. The van der Waals surface area contributed by atoms with Crippen molar-refractivity contribution in [2.75, 3.05) is 26.0 Å². The van der Waals surface area contributed by atoms with Crippen LogP contribution in [0.5, 0.6) is 0 Å². The minimum Gasteiger partial charge on any atom is -0.371 e. The summed E-state index contributed by atoms with van der Waals surface area (Å²) in [5, 5.41) is 13.8. The average molecular weight is 344 g/mol. The molecule has 0 spiro atoms. The van der Waals surface area contributed by atoms with Crippen LogP contribution in [0.25, 0.3) is 0 Å². The Bertz CT molecular complexity index is 700. The first kappa shape index (κ1) is 18.8. The van der Waals surface area contributed by atoms with E-state index in [1.54, 1.807) is 27.9 Å². The van der Waals surface area contributed by atoms with Gasteiger partial charge in [-0.15, -0.1) is 0 Å². The quantitative estimate of drug-likeness (QED) is 0.557. The molecule has 0 heterocycles. The SMILES string of the molecule is CC(C)NS(=O)(=O)c1ccc(NCC(=O)N(C)C)c([N+](=O)[O-])c1. The molecule has 1 aromatic carbocycles. The van der Waals surface area contributed by atoms with Gasteiger partial charge in [-0.1, -0.05) is 0 Å². The Hall–Kier alpha value is -2.20. The number of hydrogen-bond donors (Lipinski definition) is 2. The number of rotatable bonds is 7. The van der Waals surface area contributed by atoms with E-state index in [1.807, 2.05) is 0 Å². The van der Waals surface area contributed by atoms with E-state index in [1.165, 1.54) is 17.0 Å². The Morgan fingerprint density at radius 3 is 2.43 bits per heavy atom. The minimum atomic E-state index is -3.83. The topological polar surface area (TPSA) is 122 Å². The van der Waals surface area contributed by atoms with E-state index < -0.39 is 20.6 Å². The average Bonchev–Trinajstić information content (AvgIpc) is 2.42. The van der Waals surface area contributed by atoms with E-state index in [4.69, 9.17) is 0 Å². The van der Waals surface area contributed by atoms with E-state index in [2.05, 4.69) is 10.0 Å². The second-order valence-corrected chi connectivity index (χ2v) is 7.07. The number of anilines is 1. The molecule has 23 heavy (non-hydrogen) atoms. The molecular weight excluding hydrogens is 324 g/mol. The molecule has 1 amide bonds. The molecule has 0 saturated heterocycles. The number of nitro benzene ring substituents is 1. The Morgan fingerprint density at radius 1 is 1.35 bits per heavy atom. The van der Waals surface area contributed by atoms with Gasteiger partial charge in [0, 0.05) is 26.2 Å². The lowest BCUT2D eigenvalue weighted by Crippen LogP contribution is -2.30. The third-order valence-electron chi connectivity index (χ3n) is 2.80. The summed E-state index contributed by atoms with van der Waals surface area (Å²) in [5.74, 6) is -0.266. The van der Waals surface area contributed by atoms with Crippen molar-refractivity contribution >= 4 is 27.3 Å². The molecular formula is C13H20N4O5S. The number of nitrogens with zero attached hydrogens (tertiary/aromatic N) is 2. The zero-order chi connectivity index (χ0) is 17.8. The van der Waals surface area contributed by atoms with Crippen LogP contribution < -0.4 is 10.0 Å². The number of nitro groups is 1. The number of hydrogen-bond acceptors (Lipinski definition) is 6. The standard InChI is InChI=1S/C13H20N4O5S/c1-9(2)15-23(21,22)10-5-6-11(12(7-10)17(19)20)14-8-13(18)16(3)4/h5-7,9,14-15H,8H2,1-4H3. The zero-order valence-corrected chi connectivity index (χ0v) is 14.2. The Morgan fingerprint density at radius 2 is 1.96 bits per heavy atom. The molecule has 10 heteroatoms. The molecule has 1 aromatic rings. The highest BCUT2D eigenvalue weighted by Crippen LogP contribution is 2.27. The fraction of sp³-hybridized carbons (Fsp3) is 0.462. The number of sulfonamides is 1. The second-order valence-electron chi connectivity index (χ2n) is 5.35. The van der Waals surface area contributed by atoms with Crippen LogP contribution >= 0.6 is 0 Å². The molecule has 9 nitrogen and oxygen atoms in total. The molecule has 0 saturated carbocycles. The van der Waals surface area contributed by atoms with E-state index in [0.717, 1.165) is 6.07 Å². The Balaban J connectivity index is 3.13. The number of nitrogens with one attached hydrogen (secondary N) is 2. The number of benzene rings is 1. The first-order valence-electron chi connectivity index (χ1n) is 6.79. The fourth-order valence-electron chi connectivity index (χ4n) is 1.69. The molecule has 128 valence electrons. The van der Waals surface area contributed by atoms with Gasteiger partial charge in [0.15, 0.2) is 0 Å². The molecule has 2 N–H and O–H groups in total. The van der Waals surface area contributed by atoms with E-state index >= 15 is 0 Å². The highest BCUT2D eigenvalue weighted by Gasteiger charge is 2.22. The van der Waals surface area contributed by atoms with Gasteiger partial charge in [-0.2, -0.15) is 0 Å². The van der Waals surface area contributed by atoms with E-state index in [-0.39, 0.29) is 29.1 Å². The zero-order valence-electron chi connectivity index (χ0n) is 13.4. The smallest absolute Gasteiger partial charge is 0.293 e. The van der Waals surface area contributed by atoms with Gasteiger partial charge in [-0.3, -0.25) is 14.9 Å². The summed E-state index contributed by atoms with van der Waals surface area (Å²) in [6.45, 7) is 3.16. The van der Waals surface area contributed by atoms with Crippen molar-refractivity contribution in [3.8, 4) is 0 Å². The van der Waals surface area contributed by atoms with E-state index in [0.29, 0.717) is 0 Å².